The molecule has 6 nitrogen and oxygen atoms in total. The summed E-state index contributed by atoms with van der Waals surface area (Å²) < 4.78 is 0. The smallest absolute Gasteiger partial charge is 0.325 e. The van der Waals surface area contributed by atoms with Crippen LogP contribution in [0.1, 0.15) is 52.4 Å². The summed E-state index contributed by atoms with van der Waals surface area (Å²) in [4.78, 5) is 37.6. The summed E-state index contributed by atoms with van der Waals surface area (Å²) in [6, 6.07) is -0.412. The van der Waals surface area contributed by atoms with Gasteiger partial charge < -0.3 is 10.2 Å². The fourth-order valence-corrected chi connectivity index (χ4v) is 3.14. The van der Waals surface area contributed by atoms with Crippen LogP contribution in [0.4, 0.5) is 4.79 Å². The van der Waals surface area contributed by atoms with Crippen molar-refractivity contribution in [1.82, 2.24) is 15.5 Å². The van der Waals surface area contributed by atoms with Crippen molar-refractivity contribution < 1.29 is 14.4 Å². The second-order valence-electron chi connectivity index (χ2n) is 6.01. The molecule has 1 aliphatic carbocycles. The number of carbonyl (C=O) groups is 3. The molecule has 0 radical (unpaired) electrons. The van der Waals surface area contributed by atoms with Crippen LogP contribution in [0, 0.1) is 0 Å². The topological polar surface area (TPSA) is 78.5 Å². The molecule has 0 atom stereocenters. The molecule has 1 heterocycles. The first kappa shape index (κ1) is 14.8. The van der Waals surface area contributed by atoms with Gasteiger partial charge in [0.05, 0.1) is 0 Å². The molecule has 1 saturated carbocycles. The first-order chi connectivity index (χ1) is 9.45. The highest BCUT2D eigenvalue weighted by Crippen LogP contribution is 2.35. The van der Waals surface area contributed by atoms with Gasteiger partial charge in [0.1, 0.15) is 12.1 Å². The molecule has 4 amide bonds. The zero-order valence-electron chi connectivity index (χ0n) is 12.2. The van der Waals surface area contributed by atoms with Crippen molar-refractivity contribution in [2.75, 3.05) is 6.54 Å². The second-order valence-corrected chi connectivity index (χ2v) is 6.01. The molecule has 0 aromatic heterocycles. The average Bonchev–Trinajstić information content (AvgIpc) is 2.57. The van der Waals surface area contributed by atoms with Crippen molar-refractivity contribution in [1.29, 1.82) is 0 Å². The lowest BCUT2D eigenvalue weighted by Gasteiger charge is -2.34. The summed E-state index contributed by atoms with van der Waals surface area (Å²) >= 11 is 0. The highest BCUT2D eigenvalue weighted by Gasteiger charge is 2.52. The van der Waals surface area contributed by atoms with Crippen molar-refractivity contribution in [3.63, 3.8) is 0 Å². The van der Waals surface area contributed by atoms with Crippen molar-refractivity contribution in [2.45, 2.75) is 64.0 Å². The molecule has 0 unspecified atom stereocenters. The van der Waals surface area contributed by atoms with Crippen LogP contribution in [0.25, 0.3) is 0 Å². The van der Waals surface area contributed by atoms with Gasteiger partial charge in [-0.25, -0.2) is 4.79 Å². The zero-order valence-corrected chi connectivity index (χ0v) is 12.2. The van der Waals surface area contributed by atoms with Gasteiger partial charge in [0, 0.05) is 6.04 Å². The Morgan fingerprint density at radius 3 is 2.40 bits per heavy atom. The van der Waals surface area contributed by atoms with E-state index in [2.05, 4.69) is 10.6 Å². The van der Waals surface area contributed by atoms with E-state index in [1.54, 1.807) is 0 Å². The van der Waals surface area contributed by atoms with Crippen molar-refractivity contribution in [3.05, 3.63) is 0 Å². The van der Waals surface area contributed by atoms with E-state index in [1.807, 2.05) is 13.8 Å². The quantitative estimate of drug-likeness (QED) is 0.762. The molecule has 2 N–H and O–H groups in total. The van der Waals surface area contributed by atoms with Gasteiger partial charge in [0.2, 0.25) is 5.91 Å². The molecule has 2 aliphatic rings. The third-order valence-electron chi connectivity index (χ3n) is 4.09. The standard InChI is InChI=1S/C14H23N3O3/c1-10(2)15-11(18)9-17-13(20)16-12(19)14(17)7-5-3-4-6-8-14/h10H,3-9H2,1-2H3,(H,15,18)(H,16,19,20). The van der Waals surface area contributed by atoms with Crippen molar-refractivity contribution in [2.24, 2.45) is 0 Å². The summed E-state index contributed by atoms with van der Waals surface area (Å²) in [6.45, 7) is 3.69. The predicted molar refractivity (Wildman–Crippen MR) is 74.0 cm³/mol. The average molecular weight is 281 g/mol. The van der Waals surface area contributed by atoms with E-state index in [0.29, 0.717) is 12.8 Å². The zero-order chi connectivity index (χ0) is 14.8. The highest BCUT2D eigenvalue weighted by molar-refractivity contribution is 6.08. The van der Waals surface area contributed by atoms with E-state index < -0.39 is 11.6 Å². The molecular formula is C14H23N3O3. The minimum Gasteiger partial charge on any atom is -0.352 e. The molecule has 0 bridgehead atoms. The fourth-order valence-electron chi connectivity index (χ4n) is 3.14. The fraction of sp³-hybridized carbons (Fsp3) is 0.786. The lowest BCUT2D eigenvalue weighted by Crippen LogP contribution is -2.53. The van der Waals surface area contributed by atoms with E-state index in [9.17, 15) is 14.4 Å². The van der Waals surface area contributed by atoms with Crippen molar-refractivity contribution >= 4 is 17.8 Å². The first-order valence-corrected chi connectivity index (χ1v) is 7.38. The van der Waals surface area contributed by atoms with E-state index in [0.717, 1.165) is 25.7 Å². The molecule has 112 valence electrons. The molecule has 20 heavy (non-hydrogen) atoms. The Balaban J connectivity index is 2.16. The van der Waals surface area contributed by atoms with Gasteiger partial charge in [-0.05, 0) is 26.7 Å². The van der Waals surface area contributed by atoms with E-state index in [1.165, 1.54) is 4.90 Å². The maximum atomic E-state index is 12.2. The Hall–Kier alpha value is -1.59. The molecule has 2 fully saturated rings. The summed E-state index contributed by atoms with van der Waals surface area (Å²) in [5.74, 6) is -0.449. The number of nitrogens with one attached hydrogen (secondary N) is 2. The number of imide groups is 1. The van der Waals surface area contributed by atoms with Gasteiger partial charge in [-0.2, -0.15) is 0 Å². The molecule has 2 rings (SSSR count). The number of urea groups is 1. The second kappa shape index (κ2) is 5.81. The number of hydrogen-bond acceptors (Lipinski definition) is 3. The Kier molecular flexibility index (Phi) is 4.30. The van der Waals surface area contributed by atoms with Gasteiger partial charge in [-0.15, -0.1) is 0 Å². The minimum absolute atomic E-state index is 0.0222. The van der Waals surface area contributed by atoms with E-state index in [4.69, 9.17) is 0 Å². The molecule has 1 spiro atoms. The van der Waals surface area contributed by atoms with Crippen molar-refractivity contribution in [3.8, 4) is 0 Å². The first-order valence-electron chi connectivity index (χ1n) is 7.38. The van der Waals surface area contributed by atoms with Crippen LogP contribution in [0.5, 0.6) is 0 Å². The van der Waals surface area contributed by atoms with Gasteiger partial charge in [0.15, 0.2) is 0 Å². The molecule has 6 heteroatoms. The van der Waals surface area contributed by atoms with Crippen LogP contribution < -0.4 is 10.6 Å². The summed E-state index contributed by atoms with van der Waals surface area (Å²) in [6.07, 6.45) is 5.30. The summed E-state index contributed by atoms with van der Waals surface area (Å²) in [5.41, 5.74) is -0.804. The van der Waals surface area contributed by atoms with Crippen LogP contribution in [0.3, 0.4) is 0 Å². The van der Waals surface area contributed by atoms with Crippen LogP contribution in [0.15, 0.2) is 0 Å². The molecule has 1 saturated heterocycles. The third-order valence-corrected chi connectivity index (χ3v) is 4.09. The summed E-state index contributed by atoms with van der Waals surface area (Å²) in [7, 11) is 0. The van der Waals surface area contributed by atoms with Crippen LogP contribution in [0.2, 0.25) is 0 Å². The monoisotopic (exact) mass is 281 g/mol. The molecule has 1 aliphatic heterocycles. The van der Waals surface area contributed by atoms with Gasteiger partial charge in [-0.3, -0.25) is 14.9 Å². The lowest BCUT2D eigenvalue weighted by molar-refractivity contribution is -0.129. The molecular weight excluding hydrogens is 258 g/mol. The number of amides is 4. The Morgan fingerprint density at radius 1 is 1.25 bits per heavy atom. The van der Waals surface area contributed by atoms with Crippen LogP contribution in [-0.4, -0.2) is 40.9 Å². The lowest BCUT2D eigenvalue weighted by atomic mass is 9.88. The minimum atomic E-state index is -0.804. The number of nitrogens with zero attached hydrogens (tertiary/aromatic N) is 1. The van der Waals surface area contributed by atoms with E-state index >= 15 is 0 Å². The number of hydrogen-bond donors (Lipinski definition) is 2. The maximum absolute atomic E-state index is 12.2. The summed E-state index contributed by atoms with van der Waals surface area (Å²) in [5, 5.41) is 5.15. The molecule has 0 aromatic carbocycles. The largest absolute Gasteiger partial charge is 0.352 e. The Morgan fingerprint density at radius 2 is 1.85 bits per heavy atom. The van der Waals surface area contributed by atoms with Gasteiger partial charge in [0.25, 0.3) is 5.91 Å². The van der Waals surface area contributed by atoms with Gasteiger partial charge in [-0.1, -0.05) is 25.7 Å². The Bertz CT molecular complexity index is 412. The SMILES string of the molecule is CC(C)NC(=O)CN1C(=O)NC(=O)C12CCCCCC2. The Labute approximate surface area is 119 Å². The molecule has 0 aromatic rings. The van der Waals surface area contributed by atoms with E-state index in [-0.39, 0.29) is 24.4 Å². The third kappa shape index (κ3) is 2.78. The highest BCUT2D eigenvalue weighted by atomic mass is 16.2. The maximum Gasteiger partial charge on any atom is 0.325 e. The predicted octanol–water partition coefficient (Wildman–Crippen LogP) is 1.16. The normalized spacial score (nSPS) is 22.1. The number of carbonyl (C=O) groups excluding carboxylic acids is 3. The van der Waals surface area contributed by atoms with Gasteiger partial charge >= 0.3 is 6.03 Å². The number of rotatable bonds is 3. The van der Waals surface area contributed by atoms with Crippen LogP contribution >= 0.6 is 0 Å². The van der Waals surface area contributed by atoms with Crippen LogP contribution in [-0.2, 0) is 9.59 Å².